The lowest BCUT2D eigenvalue weighted by molar-refractivity contribution is 0.204. The molecule has 2 unspecified atom stereocenters. The van der Waals surface area contributed by atoms with E-state index >= 15 is 0 Å². The van der Waals surface area contributed by atoms with Crippen LogP contribution in [-0.2, 0) is 0 Å². The van der Waals surface area contributed by atoms with E-state index in [2.05, 4.69) is 33.6 Å². The Kier molecular flexibility index (Phi) is 4.79. The molecule has 2 aromatic heterocycles. The van der Waals surface area contributed by atoms with Gasteiger partial charge in [0.1, 0.15) is 11.7 Å². The number of aromatic amines is 1. The zero-order valence-electron chi connectivity index (χ0n) is 14.8. The molecular formula is C18H24N6O. The number of carbonyl (C=O) groups excluding carboxylic acids is 1. The number of urea groups is 1. The Labute approximate surface area is 147 Å². The van der Waals surface area contributed by atoms with Crippen LogP contribution >= 0.6 is 0 Å². The molecule has 7 nitrogen and oxygen atoms in total. The molecule has 0 bridgehead atoms. The summed E-state index contributed by atoms with van der Waals surface area (Å²) in [4.78, 5) is 21.5. The highest BCUT2D eigenvalue weighted by molar-refractivity contribution is 5.92. The smallest absolute Gasteiger partial charge is 0.317 e. The number of nitrogens with one attached hydrogen (secondary N) is 3. The number of fused-ring (bicyclic) bond motifs is 1. The zero-order chi connectivity index (χ0) is 18.0. The average molecular weight is 340 g/mol. The molecule has 132 valence electrons. The van der Waals surface area contributed by atoms with Crippen LogP contribution in [0.2, 0.25) is 0 Å². The van der Waals surface area contributed by atoms with Gasteiger partial charge in [-0.15, -0.1) is 0 Å². The van der Waals surface area contributed by atoms with Crippen LogP contribution in [0.15, 0.2) is 18.5 Å². The van der Waals surface area contributed by atoms with Crippen LogP contribution in [0.25, 0.3) is 11.0 Å². The molecule has 2 atom stereocenters. The number of rotatable bonds is 4. The largest absolute Gasteiger partial charge is 0.378 e. The van der Waals surface area contributed by atoms with Crippen molar-refractivity contribution >= 4 is 22.8 Å². The Hall–Kier alpha value is -2.75. The van der Waals surface area contributed by atoms with E-state index in [0.717, 1.165) is 29.7 Å². The van der Waals surface area contributed by atoms with Crippen LogP contribution in [0, 0.1) is 17.2 Å². The molecule has 3 heterocycles. The third-order valence-corrected chi connectivity index (χ3v) is 4.70. The number of amides is 2. The first kappa shape index (κ1) is 17.1. The third-order valence-electron chi connectivity index (χ3n) is 4.70. The van der Waals surface area contributed by atoms with Crippen LogP contribution in [0.1, 0.15) is 32.8 Å². The van der Waals surface area contributed by atoms with Gasteiger partial charge in [-0.2, -0.15) is 5.26 Å². The van der Waals surface area contributed by atoms with E-state index in [4.69, 9.17) is 0 Å². The van der Waals surface area contributed by atoms with Crippen LogP contribution < -0.4 is 10.6 Å². The molecule has 0 aliphatic carbocycles. The second-order valence-corrected chi connectivity index (χ2v) is 6.83. The molecule has 1 saturated heterocycles. The van der Waals surface area contributed by atoms with Gasteiger partial charge >= 0.3 is 6.03 Å². The highest BCUT2D eigenvalue weighted by Gasteiger charge is 2.35. The minimum atomic E-state index is -0.0280. The van der Waals surface area contributed by atoms with Gasteiger partial charge < -0.3 is 20.5 Å². The SMILES string of the molecule is CCC1CN(C(=O)NC(C)C)CC1Nc1c(C#N)cnc2[nH]ccc12. The molecule has 0 aromatic carbocycles. The standard InChI is InChI=1S/C18H24N6O/c1-4-12-9-24(18(25)22-11(2)3)10-15(12)23-16-13(7-19)8-21-17-14(16)5-6-20-17/h5-6,8,11-12,15H,4,9-10H2,1-3H3,(H,22,25)(H2,20,21,23). The first-order valence-electron chi connectivity index (χ1n) is 8.71. The number of pyridine rings is 1. The first-order valence-corrected chi connectivity index (χ1v) is 8.71. The monoisotopic (exact) mass is 340 g/mol. The van der Waals surface area contributed by atoms with Crippen molar-refractivity contribution in [2.45, 2.75) is 39.3 Å². The molecule has 1 fully saturated rings. The van der Waals surface area contributed by atoms with Crippen molar-refractivity contribution in [2.75, 3.05) is 18.4 Å². The predicted octanol–water partition coefficient (Wildman–Crippen LogP) is 2.67. The van der Waals surface area contributed by atoms with E-state index in [1.54, 1.807) is 6.20 Å². The van der Waals surface area contributed by atoms with Crippen LogP contribution in [0.5, 0.6) is 0 Å². The molecule has 0 spiro atoms. The molecule has 2 aromatic rings. The number of hydrogen-bond donors (Lipinski definition) is 3. The maximum Gasteiger partial charge on any atom is 0.317 e. The number of nitriles is 1. The number of likely N-dealkylation sites (tertiary alicyclic amines) is 1. The Morgan fingerprint density at radius 2 is 2.32 bits per heavy atom. The highest BCUT2D eigenvalue weighted by Crippen LogP contribution is 2.30. The maximum atomic E-state index is 12.3. The van der Waals surface area contributed by atoms with Crippen molar-refractivity contribution in [3.05, 3.63) is 24.0 Å². The summed E-state index contributed by atoms with van der Waals surface area (Å²) in [6, 6.07) is 4.33. The third kappa shape index (κ3) is 3.38. The number of carbonyl (C=O) groups is 1. The van der Waals surface area contributed by atoms with Gasteiger partial charge in [0.05, 0.1) is 11.3 Å². The highest BCUT2D eigenvalue weighted by atomic mass is 16.2. The topological polar surface area (TPSA) is 96.8 Å². The molecule has 25 heavy (non-hydrogen) atoms. The minimum Gasteiger partial charge on any atom is -0.378 e. The summed E-state index contributed by atoms with van der Waals surface area (Å²) in [6.45, 7) is 7.39. The average Bonchev–Trinajstić information content (AvgIpc) is 3.21. The van der Waals surface area contributed by atoms with Gasteiger partial charge in [-0.05, 0) is 32.3 Å². The Balaban J connectivity index is 1.84. The fraction of sp³-hybridized carbons (Fsp3) is 0.500. The molecule has 0 saturated carbocycles. The molecule has 1 aliphatic heterocycles. The molecule has 0 radical (unpaired) electrons. The van der Waals surface area contributed by atoms with Crippen LogP contribution in [0.3, 0.4) is 0 Å². The summed E-state index contributed by atoms with van der Waals surface area (Å²) in [5.41, 5.74) is 2.07. The second-order valence-electron chi connectivity index (χ2n) is 6.83. The van der Waals surface area contributed by atoms with E-state index in [0.29, 0.717) is 18.0 Å². The molecule has 3 N–H and O–H groups in total. The summed E-state index contributed by atoms with van der Waals surface area (Å²) >= 11 is 0. The quantitative estimate of drug-likeness (QED) is 0.797. The molecule has 3 rings (SSSR count). The van der Waals surface area contributed by atoms with Gasteiger partial charge in [0, 0.05) is 43.0 Å². The number of anilines is 1. The van der Waals surface area contributed by atoms with Gasteiger partial charge in [-0.25, -0.2) is 9.78 Å². The summed E-state index contributed by atoms with van der Waals surface area (Å²) in [6.07, 6.45) is 4.37. The Bertz CT molecular complexity index is 805. The van der Waals surface area contributed by atoms with Crippen LogP contribution in [0.4, 0.5) is 10.5 Å². The predicted molar refractivity (Wildman–Crippen MR) is 97.2 cm³/mol. The van der Waals surface area contributed by atoms with Gasteiger partial charge in [0.25, 0.3) is 0 Å². The normalized spacial score (nSPS) is 20.0. The Morgan fingerprint density at radius 1 is 1.52 bits per heavy atom. The van der Waals surface area contributed by atoms with Crippen molar-refractivity contribution < 1.29 is 4.79 Å². The van der Waals surface area contributed by atoms with E-state index in [-0.39, 0.29) is 18.1 Å². The van der Waals surface area contributed by atoms with Crippen molar-refractivity contribution in [3.8, 4) is 6.07 Å². The summed E-state index contributed by atoms with van der Waals surface area (Å²) < 4.78 is 0. The van der Waals surface area contributed by atoms with Gasteiger partial charge in [0.2, 0.25) is 0 Å². The van der Waals surface area contributed by atoms with E-state index < -0.39 is 0 Å². The maximum absolute atomic E-state index is 12.3. The first-order chi connectivity index (χ1) is 12.0. The lowest BCUT2D eigenvalue weighted by atomic mass is 10.00. The second kappa shape index (κ2) is 7.01. The molecule has 7 heteroatoms. The number of H-pyrrole nitrogens is 1. The van der Waals surface area contributed by atoms with Crippen molar-refractivity contribution in [3.63, 3.8) is 0 Å². The zero-order valence-corrected chi connectivity index (χ0v) is 14.8. The van der Waals surface area contributed by atoms with Crippen LogP contribution in [-0.4, -0.2) is 46.1 Å². The van der Waals surface area contributed by atoms with Gasteiger partial charge in [-0.1, -0.05) is 6.92 Å². The van der Waals surface area contributed by atoms with Crippen molar-refractivity contribution in [1.29, 1.82) is 5.26 Å². The fourth-order valence-corrected chi connectivity index (χ4v) is 3.39. The minimum absolute atomic E-state index is 0.0280. The van der Waals surface area contributed by atoms with Crippen molar-refractivity contribution in [1.82, 2.24) is 20.2 Å². The van der Waals surface area contributed by atoms with Gasteiger partial charge in [-0.3, -0.25) is 0 Å². The number of aromatic nitrogens is 2. The van der Waals surface area contributed by atoms with E-state index in [1.807, 2.05) is 31.0 Å². The Morgan fingerprint density at radius 3 is 3.00 bits per heavy atom. The van der Waals surface area contributed by atoms with Gasteiger partial charge in [0.15, 0.2) is 0 Å². The molecule has 2 amide bonds. The fourth-order valence-electron chi connectivity index (χ4n) is 3.39. The lowest BCUT2D eigenvalue weighted by Gasteiger charge is -2.21. The number of hydrogen-bond acceptors (Lipinski definition) is 4. The summed E-state index contributed by atoms with van der Waals surface area (Å²) in [7, 11) is 0. The van der Waals surface area contributed by atoms with Crippen molar-refractivity contribution in [2.24, 2.45) is 5.92 Å². The molecular weight excluding hydrogens is 316 g/mol. The van der Waals surface area contributed by atoms with E-state index in [9.17, 15) is 10.1 Å². The molecule has 1 aliphatic rings. The summed E-state index contributed by atoms with van der Waals surface area (Å²) in [5, 5.41) is 16.8. The lowest BCUT2D eigenvalue weighted by Crippen LogP contribution is -2.42. The number of nitrogens with zero attached hydrogens (tertiary/aromatic N) is 3. The van der Waals surface area contributed by atoms with E-state index in [1.165, 1.54) is 0 Å². The summed E-state index contributed by atoms with van der Waals surface area (Å²) in [5.74, 6) is 0.339.